The number of benzene rings is 1. The van der Waals surface area contributed by atoms with E-state index in [9.17, 15) is 13.5 Å². The normalized spacial score (nSPS) is 29.5. The van der Waals surface area contributed by atoms with E-state index in [2.05, 4.69) is 4.90 Å². The first-order chi connectivity index (χ1) is 12.9. The van der Waals surface area contributed by atoms with Crippen LogP contribution in [-0.2, 0) is 20.5 Å². The molecule has 27 heavy (non-hydrogen) atoms. The van der Waals surface area contributed by atoms with Crippen molar-refractivity contribution in [2.45, 2.75) is 43.6 Å². The predicted octanol–water partition coefficient (Wildman–Crippen LogP) is 1.45. The van der Waals surface area contributed by atoms with E-state index in [1.165, 1.54) is 0 Å². The molecule has 0 unspecified atom stereocenters. The number of nitrogens with zero attached hydrogens (tertiary/aromatic N) is 2. The minimum Gasteiger partial charge on any atom is -0.392 e. The Balaban J connectivity index is 1.29. The minimum atomic E-state index is -3.26. The summed E-state index contributed by atoms with van der Waals surface area (Å²) >= 11 is 0. The van der Waals surface area contributed by atoms with E-state index in [1.54, 1.807) is 4.31 Å². The van der Waals surface area contributed by atoms with Crippen molar-refractivity contribution in [2.24, 2.45) is 5.41 Å². The lowest BCUT2D eigenvalue weighted by molar-refractivity contribution is 0.0598. The van der Waals surface area contributed by atoms with Crippen LogP contribution in [0.5, 0.6) is 0 Å². The van der Waals surface area contributed by atoms with Gasteiger partial charge in [-0.25, -0.2) is 12.7 Å². The molecule has 3 aliphatic heterocycles. The lowest BCUT2D eigenvalue weighted by atomic mass is 9.77. The van der Waals surface area contributed by atoms with Gasteiger partial charge < -0.3 is 9.84 Å². The van der Waals surface area contributed by atoms with E-state index in [4.69, 9.17) is 4.74 Å². The summed E-state index contributed by atoms with van der Waals surface area (Å²) in [6.45, 7) is 4.49. The van der Waals surface area contributed by atoms with Gasteiger partial charge in [-0.15, -0.1) is 0 Å². The van der Waals surface area contributed by atoms with Crippen molar-refractivity contribution in [2.75, 3.05) is 39.3 Å². The molecule has 7 heteroatoms. The molecule has 0 aromatic heterocycles. The van der Waals surface area contributed by atoms with E-state index in [1.807, 2.05) is 30.3 Å². The molecule has 1 aromatic rings. The Morgan fingerprint density at radius 1 is 1.15 bits per heavy atom. The molecule has 1 N–H and O–H groups in total. The van der Waals surface area contributed by atoms with E-state index in [-0.39, 0.29) is 23.4 Å². The molecule has 0 bridgehead atoms. The molecule has 3 fully saturated rings. The van der Waals surface area contributed by atoms with Crippen LogP contribution in [0.15, 0.2) is 30.3 Å². The summed E-state index contributed by atoms with van der Waals surface area (Å²) in [6.07, 6.45) is 3.62. The van der Waals surface area contributed by atoms with Crippen molar-refractivity contribution in [1.29, 1.82) is 0 Å². The Morgan fingerprint density at radius 3 is 2.56 bits per heavy atom. The maximum absolute atomic E-state index is 12.7. The zero-order valence-corrected chi connectivity index (χ0v) is 16.6. The molecule has 0 saturated carbocycles. The molecular formula is C20H30N2O4S. The second-order valence-corrected chi connectivity index (χ2v) is 10.4. The number of likely N-dealkylation sites (tertiary alicyclic amines) is 1. The van der Waals surface area contributed by atoms with Crippen molar-refractivity contribution < 1.29 is 18.3 Å². The van der Waals surface area contributed by atoms with Gasteiger partial charge in [0.2, 0.25) is 10.0 Å². The predicted molar refractivity (Wildman–Crippen MR) is 104 cm³/mol. The Hall–Kier alpha value is -0.990. The number of sulfonamides is 1. The third kappa shape index (κ3) is 4.54. The first kappa shape index (κ1) is 19.3. The van der Waals surface area contributed by atoms with E-state index >= 15 is 0 Å². The molecule has 150 valence electrons. The van der Waals surface area contributed by atoms with Crippen LogP contribution in [0.2, 0.25) is 0 Å². The van der Waals surface area contributed by atoms with Crippen molar-refractivity contribution in [3.05, 3.63) is 35.9 Å². The fourth-order valence-electron chi connectivity index (χ4n) is 4.74. The number of aliphatic hydroxyl groups excluding tert-OH is 1. The Kier molecular flexibility index (Phi) is 5.58. The average Bonchev–Trinajstić information content (AvgIpc) is 3.22. The van der Waals surface area contributed by atoms with Gasteiger partial charge in [0, 0.05) is 32.7 Å². The second-order valence-electron chi connectivity index (χ2n) is 8.48. The van der Waals surface area contributed by atoms with Gasteiger partial charge in [0.25, 0.3) is 0 Å². The lowest BCUT2D eigenvalue weighted by Gasteiger charge is -2.37. The highest BCUT2D eigenvalue weighted by molar-refractivity contribution is 7.88. The van der Waals surface area contributed by atoms with Crippen LogP contribution in [0.3, 0.4) is 0 Å². The molecular weight excluding hydrogens is 364 g/mol. The van der Waals surface area contributed by atoms with Crippen LogP contribution < -0.4 is 0 Å². The first-order valence-electron chi connectivity index (χ1n) is 9.98. The van der Waals surface area contributed by atoms with Crippen molar-refractivity contribution in [3.8, 4) is 0 Å². The largest absolute Gasteiger partial charge is 0.392 e. The van der Waals surface area contributed by atoms with Crippen molar-refractivity contribution in [1.82, 2.24) is 9.21 Å². The number of aliphatic hydroxyl groups is 1. The van der Waals surface area contributed by atoms with E-state index < -0.39 is 10.0 Å². The molecule has 3 aliphatic rings. The van der Waals surface area contributed by atoms with Gasteiger partial charge in [-0.05, 0) is 36.7 Å². The van der Waals surface area contributed by atoms with Crippen LogP contribution in [0.25, 0.3) is 0 Å². The number of β-amino-alcohol motifs (C(OH)–C–C–N with tert-alkyl or cyclic N) is 1. The van der Waals surface area contributed by atoms with Gasteiger partial charge in [0.15, 0.2) is 0 Å². The number of hydrogen-bond donors (Lipinski definition) is 1. The van der Waals surface area contributed by atoms with Crippen LogP contribution in [0, 0.1) is 5.41 Å². The molecule has 2 atom stereocenters. The van der Waals surface area contributed by atoms with Crippen LogP contribution in [0.4, 0.5) is 0 Å². The Morgan fingerprint density at radius 2 is 1.89 bits per heavy atom. The van der Waals surface area contributed by atoms with Gasteiger partial charge in [0.05, 0.1) is 24.6 Å². The summed E-state index contributed by atoms with van der Waals surface area (Å²) in [5.41, 5.74) is 0.969. The van der Waals surface area contributed by atoms with Gasteiger partial charge >= 0.3 is 0 Å². The molecule has 3 saturated heterocycles. The zero-order chi connectivity index (χ0) is 18.9. The Labute approximate surface area is 162 Å². The van der Waals surface area contributed by atoms with Gasteiger partial charge in [-0.1, -0.05) is 30.3 Å². The molecule has 0 amide bonds. The average molecular weight is 395 g/mol. The molecule has 0 aliphatic carbocycles. The third-order valence-corrected chi connectivity index (χ3v) is 8.21. The fraction of sp³-hybridized carbons (Fsp3) is 0.700. The highest BCUT2D eigenvalue weighted by Gasteiger charge is 2.44. The number of hydrogen-bond acceptors (Lipinski definition) is 5. The first-order valence-corrected chi connectivity index (χ1v) is 11.6. The summed E-state index contributed by atoms with van der Waals surface area (Å²) < 4.78 is 33.2. The SMILES string of the molecule is O=S(=O)(Cc1ccccc1)N1CCC2(CC1)CO[C@H](CN1CC[C@@H](O)C1)C2. The highest BCUT2D eigenvalue weighted by Crippen LogP contribution is 2.42. The molecule has 1 aromatic carbocycles. The second kappa shape index (κ2) is 7.79. The maximum atomic E-state index is 12.7. The van der Waals surface area contributed by atoms with Crippen molar-refractivity contribution >= 4 is 10.0 Å². The van der Waals surface area contributed by atoms with E-state index in [0.717, 1.165) is 57.5 Å². The number of rotatable bonds is 5. The fourth-order valence-corrected chi connectivity index (χ4v) is 6.28. The van der Waals surface area contributed by atoms with Crippen LogP contribution >= 0.6 is 0 Å². The standard InChI is InChI=1S/C20H30N2O4S/c23-18-6-9-21(13-18)14-19-12-20(16-26-19)7-10-22(11-8-20)27(24,25)15-17-4-2-1-3-5-17/h1-5,18-19,23H,6-16H2/t18-,19+/m1/s1. The molecule has 1 spiro atoms. The molecule has 0 radical (unpaired) electrons. The van der Waals surface area contributed by atoms with Gasteiger partial charge in [-0.3, -0.25) is 4.90 Å². The smallest absolute Gasteiger partial charge is 0.218 e. The number of piperidine rings is 1. The summed E-state index contributed by atoms with van der Waals surface area (Å²) in [4.78, 5) is 2.29. The van der Waals surface area contributed by atoms with Gasteiger partial charge in [-0.2, -0.15) is 0 Å². The van der Waals surface area contributed by atoms with Crippen LogP contribution in [0.1, 0.15) is 31.2 Å². The van der Waals surface area contributed by atoms with Gasteiger partial charge in [0.1, 0.15) is 0 Å². The summed E-state index contributed by atoms with van der Waals surface area (Å²) in [5.74, 6) is 0.0806. The minimum absolute atomic E-state index is 0.0806. The maximum Gasteiger partial charge on any atom is 0.218 e. The van der Waals surface area contributed by atoms with Crippen molar-refractivity contribution in [3.63, 3.8) is 0 Å². The molecule has 4 rings (SSSR count). The van der Waals surface area contributed by atoms with Crippen LogP contribution in [-0.4, -0.2) is 74.3 Å². The molecule has 6 nitrogen and oxygen atoms in total. The monoisotopic (exact) mass is 394 g/mol. The Bertz CT molecular complexity index is 732. The molecule has 3 heterocycles. The summed E-state index contributed by atoms with van der Waals surface area (Å²) in [6, 6.07) is 9.40. The quantitative estimate of drug-likeness (QED) is 0.819. The summed E-state index contributed by atoms with van der Waals surface area (Å²) in [5, 5.41) is 9.68. The highest BCUT2D eigenvalue weighted by atomic mass is 32.2. The topological polar surface area (TPSA) is 70.1 Å². The van der Waals surface area contributed by atoms with E-state index in [0.29, 0.717) is 13.1 Å². The number of ether oxygens (including phenoxy) is 1. The third-order valence-electron chi connectivity index (χ3n) is 6.36. The lowest BCUT2D eigenvalue weighted by Crippen LogP contribution is -2.44. The zero-order valence-electron chi connectivity index (χ0n) is 15.8. The summed E-state index contributed by atoms with van der Waals surface area (Å²) in [7, 11) is -3.26.